The second-order valence-electron chi connectivity index (χ2n) is 11.9. The van der Waals surface area contributed by atoms with E-state index in [4.69, 9.17) is 33.2 Å². The number of rotatable bonds is 16. The molecule has 4 atom stereocenters. The Labute approximate surface area is 262 Å². The van der Waals surface area contributed by atoms with Gasteiger partial charge in [-0.3, -0.25) is 0 Å². The van der Waals surface area contributed by atoms with E-state index in [0.29, 0.717) is 24.4 Å². The Morgan fingerprint density at radius 1 is 0.378 bits per heavy atom. The molecule has 4 saturated heterocycles. The van der Waals surface area contributed by atoms with E-state index in [2.05, 4.69) is 34.1 Å². The van der Waals surface area contributed by atoms with Crippen LogP contribution in [0.15, 0.2) is 97.1 Å². The fourth-order valence-corrected chi connectivity index (χ4v) is 5.26. The summed E-state index contributed by atoms with van der Waals surface area (Å²) in [6.45, 7) is 6.90. The molecule has 232 valence electrons. The summed E-state index contributed by atoms with van der Waals surface area (Å²) in [5.41, 5.74) is 2.29. The lowest BCUT2D eigenvalue weighted by atomic mass is 10.2. The van der Waals surface area contributed by atoms with Crippen molar-refractivity contribution in [1.82, 2.24) is 0 Å². The molecule has 45 heavy (non-hydrogen) atoms. The van der Waals surface area contributed by atoms with E-state index >= 15 is 0 Å². The van der Waals surface area contributed by atoms with Gasteiger partial charge < -0.3 is 43.0 Å². The molecule has 0 bridgehead atoms. The average molecular weight is 609 g/mol. The van der Waals surface area contributed by atoms with Gasteiger partial charge in [0.15, 0.2) is 0 Å². The normalized spacial score (nSPS) is 22.3. The fraction of sp³-hybridized carbons (Fsp3) is 0.333. The first-order chi connectivity index (χ1) is 22.2. The summed E-state index contributed by atoms with van der Waals surface area (Å²) in [7, 11) is 0. The van der Waals surface area contributed by atoms with Crippen molar-refractivity contribution in [2.45, 2.75) is 24.4 Å². The van der Waals surface area contributed by atoms with Gasteiger partial charge in [-0.1, -0.05) is 0 Å². The minimum absolute atomic E-state index is 0.326. The summed E-state index contributed by atoms with van der Waals surface area (Å²) in [6, 6.07) is 31.6. The highest BCUT2D eigenvalue weighted by Crippen LogP contribution is 2.32. The first-order valence-corrected chi connectivity index (χ1v) is 15.6. The molecular formula is C36H36N2O7. The highest BCUT2D eigenvalue weighted by Gasteiger charge is 2.32. The van der Waals surface area contributed by atoms with Gasteiger partial charge in [0, 0.05) is 37.6 Å². The molecular weight excluding hydrogens is 572 g/mol. The predicted molar refractivity (Wildman–Crippen MR) is 169 cm³/mol. The molecule has 4 heterocycles. The number of anilines is 2. The largest absolute Gasteiger partial charge is 0.457 e. The highest BCUT2D eigenvalue weighted by molar-refractivity contribution is 5.52. The molecule has 0 N–H and O–H groups in total. The Morgan fingerprint density at radius 3 is 0.778 bits per heavy atom. The van der Waals surface area contributed by atoms with Crippen LogP contribution in [0.4, 0.5) is 11.4 Å². The van der Waals surface area contributed by atoms with Crippen LogP contribution in [0.25, 0.3) is 0 Å². The zero-order valence-electron chi connectivity index (χ0n) is 25.0. The molecule has 4 unspecified atom stereocenters. The Hall–Kier alpha value is -4.28. The number of nitrogens with zero attached hydrogens (tertiary/aromatic N) is 2. The smallest absolute Gasteiger partial charge is 0.127 e. The maximum absolute atomic E-state index is 6.08. The molecule has 0 saturated carbocycles. The highest BCUT2D eigenvalue weighted by atomic mass is 16.6. The summed E-state index contributed by atoms with van der Waals surface area (Å²) in [5, 5.41) is 0. The van der Waals surface area contributed by atoms with Crippen molar-refractivity contribution in [3.8, 4) is 34.5 Å². The molecule has 0 aliphatic carbocycles. The van der Waals surface area contributed by atoms with Crippen LogP contribution in [0.5, 0.6) is 34.5 Å². The molecule has 4 aromatic carbocycles. The van der Waals surface area contributed by atoms with E-state index < -0.39 is 0 Å². The third kappa shape index (κ3) is 8.06. The lowest BCUT2D eigenvalue weighted by Crippen LogP contribution is -2.31. The molecule has 4 aromatic rings. The molecule has 8 rings (SSSR count). The van der Waals surface area contributed by atoms with Gasteiger partial charge in [-0.25, -0.2) is 0 Å². The predicted octanol–water partition coefficient (Wildman–Crippen LogP) is 6.27. The van der Waals surface area contributed by atoms with Crippen molar-refractivity contribution in [3.05, 3.63) is 97.1 Å². The SMILES string of the molecule is c1cc(Oc2ccc(N(CC3CO3)CC3CO3)cc2)ccc1Oc1ccc(Oc2ccc(N(CC3CO3)CC3CO3)cc2)cc1. The first kappa shape index (κ1) is 28.2. The lowest BCUT2D eigenvalue weighted by molar-refractivity contribution is 0.388. The fourth-order valence-electron chi connectivity index (χ4n) is 5.26. The minimum Gasteiger partial charge on any atom is -0.457 e. The molecule has 0 aromatic heterocycles. The topological polar surface area (TPSA) is 84.3 Å². The molecule has 9 heteroatoms. The first-order valence-electron chi connectivity index (χ1n) is 15.6. The van der Waals surface area contributed by atoms with Crippen LogP contribution in [0.2, 0.25) is 0 Å². The van der Waals surface area contributed by atoms with Gasteiger partial charge in [-0.15, -0.1) is 0 Å². The summed E-state index contributed by atoms with van der Waals surface area (Å²) in [6.07, 6.45) is 1.30. The summed E-state index contributed by atoms with van der Waals surface area (Å²) in [5.74, 6) is 4.48. The van der Waals surface area contributed by atoms with Crippen LogP contribution in [-0.4, -0.2) is 77.0 Å². The van der Waals surface area contributed by atoms with E-state index in [1.807, 2.05) is 72.8 Å². The van der Waals surface area contributed by atoms with Crippen LogP contribution in [0.1, 0.15) is 0 Å². The van der Waals surface area contributed by atoms with Gasteiger partial charge in [0.2, 0.25) is 0 Å². The van der Waals surface area contributed by atoms with Crippen molar-refractivity contribution in [3.63, 3.8) is 0 Å². The number of ether oxygens (including phenoxy) is 7. The van der Waals surface area contributed by atoms with Gasteiger partial charge in [0.1, 0.15) is 34.5 Å². The minimum atomic E-state index is 0.326. The monoisotopic (exact) mass is 608 g/mol. The van der Waals surface area contributed by atoms with Crippen LogP contribution in [-0.2, 0) is 18.9 Å². The summed E-state index contributed by atoms with van der Waals surface area (Å²) < 4.78 is 40.0. The molecule has 4 aliphatic rings. The van der Waals surface area contributed by atoms with Crippen LogP contribution < -0.4 is 24.0 Å². The summed E-state index contributed by atoms with van der Waals surface area (Å²) >= 11 is 0. The molecule has 4 aliphatic heterocycles. The van der Waals surface area contributed by atoms with Crippen molar-refractivity contribution in [2.24, 2.45) is 0 Å². The molecule has 0 amide bonds. The van der Waals surface area contributed by atoms with Crippen LogP contribution in [0.3, 0.4) is 0 Å². The van der Waals surface area contributed by atoms with Gasteiger partial charge >= 0.3 is 0 Å². The van der Waals surface area contributed by atoms with Gasteiger partial charge in [0.05, 0.1) is 50.8 Å². The standard InChI is InChI=1S/C36H36N2O7/c1-5-27(6-2-25(1)37(17-33-21-39-33)18-34-22-40-34)43-29-9-13-31(14-10-29)45-32-15-11-30(12-16-32)44-28-7-3-26(4-8-28)38(19-35-23-41-35)20-36-24-42-36/h1-16,33-36H,17-24H2. The van der Waals surface area contributed by atoms with Crippen molar-refractivity contribution < 1.29 is 33.2 Å². The van der Waals surface area contributed by atoms with E-state index in [-0.39, 0.29) is 0 Å². The van der Waals surface area contributed by atoms with Crippen molar-refractivity contribution in [2.75, 3.05) is 62.4 Å². The maximum Gasteiger partial charge on any atom is 0.127 e. The zero-order chi connectivity index (χ0) is 30.0. The Kier molecular flexibility index (Phi) is 7.91. The number of hydrogen-bond donors (Lipinski definition) is 0. The second-order valence-corrected chi connectivity index (χ2v) is 11.9. The van der Waals surface area contributed by atoms with E-state index in [9.17, 15) is 0 Å². The van der Waals surface area contributed by atoms with Gasteiger partial charge in [-0.2, -0.15) is 0 Å². The van der Waals surface area contributed by atoms with Gasteiger partial charge in [-0.05, 0) is 97.1 Å². The maximum atomic E-state index is 6.08. The van der Waals surface area contributed by atoms with Crippen molar-refractivity contribution >= 4 is 11.4 Å². The van der Waals surface area contributed by atoms with Crippen LogP contribution in [0, 0.1) is 0 Å². The molecule has 0 spiro atoms. The lowest BCUT2D eigenvalue weighted by Gasteiger charge is -2.23. The van der Waals surface area contributed by atoms with Gasteiger partial charge in [0.25, 0.3) is 0 Å². The Balaban J connectivity index is 0.828. The van der Waals surface area contributed by atoms with Crippen molar-refractivity contribution in [1.29, 1.82) is 0 Å². The van der Waals surface area contributed by atoms with Crippen LogP contribution >= 0.6 is 0 Å². The van der Waals surface area contributed by atoms with E-state index in [0.717, 1.165) is 98.5 Å². The summed E-state index contributed by atoms with van der Waals surface area (Å²) in [4.78, 5) is 4.65. The zero-order valence-corrected chi connectivity index (χ0v) is 25.0. The molecule has 9 nitrogen and oxygen atoms in total. The number of epoxide rings is 4. The Morgan fingerprint density at radius 2 is 0.578 bits per heavy atom. The van der Waals surface area contributed by atoms with E-state index in [1.165, 1.54) is 0 Å². The van der Waals surface area contributed by atoms with E-state index in [1.54, 1.807) is 0 Å². The quantitative estimate of drug-likeness (QED) is 0.137. The number of hydrogen-bond acceptors (Lipinski definition) is 9. The second kappa shape index (κ2) is 12.6. The third-order valence-corrected chi connectivity index (χ3v) is 8.06. The molecule has 4 fully saturated rings. The Bertz CT molecular complexity index is 1400. The number of benzene rings is 4. The average Bonchev–Trinajstić information content (AvgIpc) is 3.85. The molecule has 0 radical (unpaired) electrons. The third-order valence-electron chi connectivity index (χ3n) is 8.06.